The number of nitrogens with two attached hydrogens (primary N) is 1. The second-order valence-corrected chi connectivity index (χ2v) is 4.57. The fourth-order valence-corrected chi connectivity index (χ4v) is 1.85. The molecule has 0 saturated carbocycles. The second kappa shape index (κ2) is 5.40. The van der Waals surface area contributed by atoms with Crippen LogP contribution in [0.1, 0.15) is 5.56 Å². The van der Waals surface area contributed by atoms with Crippen LogP contribution in [0.5, 0.6) is 0 Å². The van der Waals surface area contributed by atoms with Crippen molar-refractivity contribution >= 4 is 28.7 Å². The molecule has 3 N–H and O–H groups in total. The number of alkyl halides is 3. The average Bonchev–Trinajstić information content (AvgIpc) is 2.36. The Morgan fingerprint density at radius 2 is 1.67 bits per heavy atom. The third-order valence-corrected chi connectivity index (χ3v) is 2.97. The largest absolute Gasteiger partial charge is 0.416 e. The molecule has 2 rings (SSSR count). The van der Waals surface area contributed by atoms with Crippen LogP contribution in [0.15, 0.2) is 30.3 Å². The van der Waals surface area contributed by atoms with E-state index in [2.05, 4.69) is 5.32 Å². The molecule has 0 unspecified atom stereocenters. The van der Waals surface area contributed by atoms with Gasteiger partial charge in [0.1, 0.15) is 5.82 Å². The quantitative estimate of drug-likeness (QED) is 0.605. The predicted octanol–water partition coefficient (Wildman–Crippen LogP) is 4.96. The molecule has 0 bridgehead atoms. The summed E-state index contributed by atoms with van der Waals surface area (Å²) in [5.74, 6) is -1.87. The minimum atomic E-state index is -4.54. The van der Waals surface area contributed by atoms with Gasteiger partial charge in [-0.2, -0.15) is 13.2 Å². The highest BCUT2D eigenvalue weighted by atomic mass is 35.5. The first-order valence-corrected chi connectivity index (χ1v) is 5.94. The van der Waals surface area contributed by atoms with E-state index in [-0.39, 0.29) is 22.1 Å². The zero-order chi connectivity index (χ0) is 15.8. The van der Waals surface area contributed by atoms with Crippen molar-refractivity contribution < 1.29 is 22.0 Å². The van der Waals surface area contributed by atoms with Crippen LogP contribution in [0.3, 0.4) is 0 Å². The normalized spacial score (nSPS) is 11.5. The minimum absolute atomic E-state index is 0.0429. The molecule has 0 amide bonds. The SMILES string of the molecule is Nc1c(F)cc(F)cc1Nc1ccc(C(F)(F)F)cc1Cl. The Kier molecular flexibility index (Phi) is 3.95. The first kappa shape index (κ1) is 15.4. The Morgan fingerprint density at radius 1 is 1.00 bits per heavy atom. The summed E-state index contributed by atoms with van der Waals surface area (Å²) in [7, 11) is 0. The zero-order valence-corrected chi connectivity index (χ0v) is 11.0. The van der Waals surface area contributed by atoms with Gasteiger partial charge in [-0.05, 0) is 24.3 Å². The summed E-state index contributed by atoms with van der Waals surface area (Å²) in [5.41, 5.74) is 4.03. The van der Waals surface area contributed by atoms with E-state index in [9.17, 15) is 22.0 Å². The first-order chi connectivity index (χ1) is 9.68. The number of rotatable bonds is 2. The van der Waals surface area contributed by atoms with Crippen LogP contribution in [0.4, 0.5) is 39.0 Å². The molecular formula is C13H8ClF5N2. The van der Waals surface area contributed by atoms with Crippen LogP contribution < -0.4 is 11.1 Å². The van der Waals surface area contributed by atoms with Gasteiger partial charge in [0.05, 0.1) is 27.6 Å². The Hall–Kier alpha value is -2.02. The monoisotopic (exact) mass is 322 g/mol. The predicted molar refractivity (Wildman–Crippen MR) is 70.5 cm³/mol. The Bertz CT molecular complexity index is 685. The van der Waals surface area contributed by atoms with Crippen molar-refractivity contribution in [3.05, 3.63) is 52.6 Å². The molecule has 0 spiro atoms. The molecule has 0 saturated heterocycles. The van der Waals surface area contributed by atoms with Gasteiger partial charge in [0.15, 0.2) is 5.82 Å². The van der Waals surface area contributed by atoms with Crippen molar-refractivity contribution in [1.29, 1.82) is 0 Å². The van der Waals surface area contributed by atoms with E-state index in [4.69, 9.17) is 17.3 Å². The van der Waals surface area contributed by atoms with Gasteiger partial charge < -0.3 is 11.1 Å². The van der Waals surface area contributed by atoms with Crippen LogP contribution in [0.25, 0.3) is 0 Å². The third kappa shape index (κ3) is 3.36. The van der Waals surface area contributed by atoms with Crippen molar-refractivity contribution in [2.24, 2.45) is 0 Å². The summed E-state index contributed by atoms with van der Waals surface area (Å²) in [5, 5.41) is 2.24. The molecular weight excluding hydrogens is 315 g/mol. The topological polar surface area (TPSA) is 38.0 Å². The molecule has 112 valence electrons. The van der Waals surface area contributed by atoms with Gasteiger partial charge in [0, 0.05) is 6.07 Å². The first-order valence-electron chi connectivity index (χ1n) is 5.57. The number of nitrogens with one attached hydrogen (secondary N) is 1. The van der Waals surface area contributed by atoms with E-state index in [1.807, 2.05) is 0 Å². The summed E-state index contributed by atoms with van der Waals surface area (Å²) in [6.07, 6.45) is -4.54. The summed E-state index contributed by atoms with van der Waals surface area (Å²) < 4.78 is 63.9. The summed E-state index contributed by atoms with van der Waals surface area (Å²) in [4.78, 5) is 0. The molecule has 2 aromatic rings. The number of anilines is 3. The maximum Gasteiger partial charge on any atom is 0.416 e. The third-order valence-electron chi connectivity index (χ3n) is 2.66. The highest BCUT2D eigenvalue weighted by Crippen LogP contribution is 2.36. The molecule has 0 radical (unpaired) electrons. The van der Waals surface area contributed by atoms with Crippen molar-refractivity contribution in [2.75, 3.05) is 11.1 Å². The number of hydrogen-bond acceptors (Lipinski definition) is 2. The zero-order valence-electron chi connectivity index (χ0n) is 10.2. The molecule has 0 aliphatic carbocycles. The van der Waals surface area contributed by atoms with Crippen molar-refractivity contribution in [3.8, 4) is 0 Å². The fraction of sp³-hybridized carbons (Fsp3) is 0.0769. The number of hydrogen-bond donors (Lipinski definition) is 2. The molecule has 0 heterocycles. The number of benzene rings is 2. The molecule has 0 aliphatic rings. The van der Waals surface area contributed by atoms with Crippen molar-refractivity contribution in [1.82, 2.24) is 0 Å². The van der Waals surface area contributed by atoms with Crippen LogP contribution in [-0.2, 0) is 6.18 Å². The van der Waals surface area contributed by atoms with E-state index in [1.54, 1.807) is 0 Å². The fourth-order valence-electron chi connectivity index (χ4n) is 1.63. The highest BCUT2D eigenvalue weighted by Gasteiger charge is 2.30. The van der Waals surface area contributed by atoms with Crippen LogP contribution in [0.2, 0.25) is 5.02 Å². The van der Waals surface area contributed by atoms with E-state index >= 15 is 0 Å². The highest BCUT2D eigenvalue weighted by molar-refractivity contribution is 6.33. The molecule has 8 heteroatoms. The smallest absolute Gasteiger partial charge is 0.395 e. The molecule has 0 aliphatic heterocycles. The molecule has 0 atom stereocenters. The second-order valence-electron chi connectivity index (χ2n) is 4.17. The number of halogens is 6. The van der Waals surface area contributed by atoms with Gasteiger partial charge in [0.25, 0.3) is 0 Å². The maximum atomic E-state index is 13.3. The number of nitrogen functional groups attached to an aromatic ring is 1. The van der Waals surface area contributed by atoms with Gasteiger partial charge in [-0.3, -0.25) is 0 Å². The summed E-state index contributed by atoms with van der Waals surface area (Å²) in [6, 6.07) is 4.05. The Morgan fingerprint density at radius 3 is 2.24 bits per heavy atom. The summed E-state index contributed by atoms with van der Waals surface area (Å²) in [6.45, 7) is 0. The van der Waals surface area contributed by atoms with Crippen LogP contribution in [0, 0.1) is 11.6 Å². The standard InChI is InChI=1S/C13H8ClF5N2/c14-8-3-6(13(17,18)19)1-2-10(8)21-11-5-7(15)4-9(16)12(11)20/h1-5,21H,20H2. The van der Waals surface area contributed by atoms with E-state index in [0.717, 1.165) is 18.2 Å². The van der Waals surface area contributed by atoms with Gasteiger partial charge in [-0.25, -0.2) is 8.78 Å². The van der Waals surface area contributed by atoms with Crippen molar-refractivity contribution in [3.63, 3.8) is 0 Å². The van der Waals surface area contributed by atoms with Gasteiger partial charge >= 0.3 is 6.18 Å². The van der Waals surface area contributed by atoms with Crippen molar-refractivity contribution in [2.45, 2.75) is 6.18 Å². The van der Waals surface area contributed by atoms with Crippen LogP contribution in [-0.4, -0.2) is 0 Å². The van der Waals surface area contributed by atoms with Crippen LogP contribution >= 0.6 is 11.6 Å². The molecule has 2 aromatic carbocycles. The summed E-state index contributed by atoms with van der Waals surface area (Å²) >= 11 is 5.73. The Balaban J connectivity index is 2.37. The van der Waals surface area contributed by atoms with E-state index in [1.165, 1.54) is 0 Å². The van der Waals surface area contributed by atoms with Gasteiger partial charge in [-0.15, -0.1) is 0 Å². The molecule has 0 fully saturated rings. The molecule has 21 heavy (non-hydrogen) atoms. The molecule has 2 nitrogen and oxygen atoms in total. The van der Waals surface area contributed by atoms with Gasteiger partial charge in [-0.1, -0.05) is 11.6 Å². The lowest BCUT2D eigenvalue weighted by molar-refractivity contribution is -0.137. The van der Waals surface area contributed by atoms with Gasteiger partial charge in [0.2, 0.25) is 0 Å². The van der Waals surface area contributed by atoms with E-state index in [0.29, 0.717) is 12.1 Å². The average molecular weight is 323 g/mol. The maximum absolute atomic E-state index is 13.3. The Labute approximate surface area is 121 Å². The lowest BCUT2D eigenvalue weighted by atomic mass is 10.2. The molecule has 0 aromatic heterocycles. The lowest BCUT2D eigenvalue weighted by Gasteiger charge is -2.13. The van der Waals surface area contributed by atoms with E-state index < -0.39 is 23.4 Å². The minimum Gasteiger partial charge on any atom is -0.395 e. The lowest BCUT2D eigenvalue weighted by Crippen LogP contribution is -2.05.